The van der Waals surface area contributed by atoms with E-state index in [9.17, 15) is 9.18 Å². The van der Waals surface area contributed by atoms with Gasteiger partial charge >= 0.3 is 5.97 Å². The molecular formula is C30H35FO4. The van der Waals surface area contributed by atoms with Gasteiger partial charge in [0.2, 0.25) is 0 Å². The van der Waals surface area contributed by atoms with Gasteiger partial charge in [-0.3, -0.25) is 4.79 Å². The third-order valence-corrected chi connectivity index (χ3v) is 5.29. The molecular weight excluding hydrogens is 443 g/mol. The first-order chi connectivity index (χ1) is 16.6. The number of aryl methyl sites for hydroxylation is 1. The second-order valence-corrected chi connectivity index (χ2v) is 9.21. The van der Waals surface area contributed by atoms with Gasteiger partial charge in [-0.05, 0) is 71.3 Å². The number of aliphatic carboxylic acids is 1. The van der Waals surface area contributed by atoms with E-state index in [1.54, 1.807) is 25.3 Å². The van der Waals surface area contributed by atoms with Crippen molar-refractivity contribution in [2.75, 3.05) is 7.11 Å². The van der Waals surface area contributed by atoms with Crippen LogP contribution in [0.5, 0.6) is 11.5 Å². The Morgan fingerprint density at radius 3 is 2.34 bits per heavy atom. The van der Waals surface area contributed by atoms with Crippen LogP contribution in [-0.4, -0.2) is 18.2 Å². The number of rotatable bonds is 8. The summed E-state index contributed by atoms with van der Waals surface area (Å²) in [6, 6.07) is 18.2. The molecule has 3 aromatic carbocycles. The molecule has 5 heteroatoms. The van der Waals surface area contributed by atoms with E-state index in [1.807, 2.05) is 43.3 Å². The maximum atomic E-state index is 14.7. The molecule has 186 valence electrons. The standard InChI is InChI=1S/C27H29FO4.C3H6/c1-27(2,3)24-15-19(8-11-22(24)23-16-20(31-4)10-12-25(23)28)17-32-21-7-5-6-18(14-21)9-13-26(29)30;1-3-2/h5-8,10-12,14-16H,9,13,17H2,1-4H3,(H,29,30);3H,1H2,2H3. The molecule has 0 aromatic heterocycles. The third-order valence-electron chi connectivity index (χ3n) is 5.29. The molecule has 0 aliphatic rings. The highest BCUT2D eigenvalue weighted by Crippen LogP contribution is 2.36. The van der Waals surface area contributed by atoms with Crippen molar-refractivity contribution in [3.8, 4) is 22.6 Å². The minimum absolute atomic E-state index is 0.0840. The Morgan fingerprint density at radius 2 is 1.71 bits per heavy atom. The summed E-state index contributed by atoms with van der Waals surface area (Å²) in [7, 11) is 1.57. The first kappa shape index (κ1) is 27.6. The van der Waals surface area contributed by atoms with Crippen LogP contribution >= 0.6 is 0 Å². The van der Waals surface area contributed by atoms with Crippen molar-refractivity contribution in [3.05, 3.63) is 95.8 Å². The summed E-state index contributed by atoms with van der Waals surface area (Å²) in [5.41, 5.74) is 4.03. The fourth-order valence-corrected chi connectivity index (χ4v) is 3.58. The Bertz CT molecular complexity index is 1150. The molecule has 0 unspecified atom stereocenters. The highest BCUT2D eigenvalue weighted by Gasteiger charge is 2.21. The molecule has 0 aliphatic heterocycles. The maximum Gasteiger partial charge on any atom is 0.303 e. The normalized spacial score (nSPS) is 10.7. The van der Waals surface area contributed by atoms with Gasteiger partial charge in [0.25, 0.3) is 0 Å². The summed E-state index contributed by atoms with van der Waals surface area (Å²) < 4.78 is 25.9. The van der Waals surface area contributed by atoms with Crippen molar-refractivity contribution in [2.45, 2.75) is 52.6 Å². The van der Waals surface area contributed by atoms with Gasteiger partial charge in [0.05, 0.1) is 7.11 Å². The van der Waals surface area contributed by atoms with Crippen LogP contribution < -0.4 is 9.47 Å². The molecule has 4 nitrogen and oxygen atoms in total. The van der Waals surface area contributed by atoms with Crippen LogP contribution in [0.3, 0.4) is 0 Å². The quantitative estimate of drug-likeness (QED) is 0.339. The first-order valence-corrected chi connectivity index (χ1v) is 11.6. The van der Waals surface area contributed by atoms with Crippen LogP contribution in [0, 0.1) is 5.82 Å². The molecule has 0 radical (unpaired) electrons. The summed E-state index contributed by atoms with van der Waals surface area (Å²) in [5.74, 6) is 0.182. The van der Waals surface area contributed by atoms with E-state index < -0.39 is 5.97 Å². The van der Waals surface area contributed by atoms with Crippen molar-refractivity contribution in [1.29, 1.82) is 0 Å². The number of allylic oxidation sites excluding steroid dienone is 1. The monoisotopic (exact) mass is 478 g/mol. The average molecular weight is 479 g/mol. The Hall–Kier alpha value is -3.60. The lowest BCUT2D eigenvalue weighted by Crippen LogP contribution is -2.14. The second-order valence-electron chi connectivity index (χ2n) is 9.21. The minimum atomic E-state index is -0.821. The number of halogens is 1. The van der Waals surface area contributed by atoms with E-state index >= 15 is 0 Å². The van der Waals surface area contributed by atoms with Gasteiger partial charge in [-0.1, -0.05) is 57.2 Å². The topological polar surface area (TPSA) is 55.8 Å². The summed E-state index contributed by atoms with van der Waals surface area (Å²) in [6.45, 7) is 11.9. The number of carbonyl (C=O) groups is 1. The lowest BCUT2D eigenvalue weighted by Gasteiger charge is -2.24. The summed E-state index contributed by atoms with van der Waals surface area (Å²) in [6.07, 6.45) is 2.29. The minimum Gasteiger partial charge on any atom is -0.497 e. The van der Waals surface area contributed by atoms with Crippen LogP contribution in [0.25, 0.3) is 11.1 Å². The van der Waals surface area contributed by atoms with Crippen molar-refractivity contribution in [1.82, 2.24) is 0 Å². The molecule has 0 aliphatic carbocycles. The number of carboxylic acid groups (broad SMARTS) is 1. The summed E-state index contributed by atoms with van der Waals surface area (Å²) in [4.78, 5) is 10.8. The molecule has 35 heavy (non-hydrogen) atoms. The molecule has 0 heterocycles. The van der Waals surface area contributed by atoms with Crippen molar-refractivity contribution >= 4 is 5.97 Å². The predicted molar refractivity (Wildman–Crippen MR) is 140 cm³/mol. The molecule has 0 spiro atoms. The lowest BCUT2D eigenvalue weighted by molar-refractivity contribution is -0.136. The van der Waals surface area contributed by atoms with Gasteiger partial charge in [-0.2, -0.15) is 0 Å². The van der Waals surface area contributed by atoms with Crippen LogP contribution in [0.2, 0.25) is 0 Å². The van der Waals surface area contributed by atoms with E-state index in [-0.39, 0.29) is 17.7 Å². The van der Waals surface area contributed by atoms with Gasteiger partial charge in [0.1, 0.15) is 23.9 Å². The number of methoxy groups -OCH3 is 1. The summed E-state index contributed by atoms with van der Waals surface area (Å²) in [5, 5.41) is 8.88. The number of carboxylic acids is 1. The van der Waals surface area contributed by atoms with Crippen molar-refractivity contribution in [3.63, 3.8) is 0 Å². The van der Waals surface area contributed by atoms with E-state index in [1.165, 1.54) is 6.07 Å². The van der Waals surface area contributed by atoms with Crippen LogP contribution in [0.4, 0.5) is 4.39 Å². The molecule has 1 N–H and O–H groups in total. The van der Waals surface area contributed by atoms with E-state index in [2.05, 4.69) is 33.4 Å². The van der Waals surface area contributed by atoms with Crippen molar-refractivity contribution in [2.24, 2.45) is 0 Å². The highest BCUT2D eigenvalue weighted by atomic mass is 19.1. The molecule has 0 saturated carbocycles. The zero-order valence-corrected chi connectivity index (χ0v) is 21.2. The summed E-state index contributed by atoms with van der Waals surface area (Å²) >= 11 is 0. The second kappa shape index (κ2) is 12.7. The molecule has 3 aromatic rings. The Kier molecular flexibility index (Phi) is 10.1. The number of hydrogen-bond acceptors (Lipinski definition) is 3. The van der Waals surface area contributed by atoms with Gasteiger partial charge in [-0.25, -0.2) is 4.39 Å². The van der Waals surface area contributed by atoms with Gasteiger partial charge in [0.15, 0.2) is 0 Å². The third kappa shape index (κ3) is 8.29. The SMILES string of the molecule is C=CC.COc1ccc(F)c(-c2ccc(COc3cccc(CCC(=O)O)c3)cc2C(C)(C)C)c1. The van der Waals surface area contributed by atoms with Gasteiger partial charge in [0, 0.05) is 12.0 Å². The molecule has 0 atom stereocenters. The Labute approximate surface area is 208 Å². The zero-order chi connectivity index (χ0) is 26.0. The Balaban J connectivity index is 0.00000137. The fourth-order valence-electron chi connectivity index (χ4n) is 3.58. The number of benzene rings is 3. The van der Waals surface area contributed by atoms with Gasteiger partial charge in [-0.15, -0.1) is 6.58 Å². The highest BCUT2D eigenvalue weighted by molar-refractivity contribution is 5.71. The van der Waals surface area contributed by atoms with Crippen LogP contribution in [0.15, 0.2) is 73.3 Å². The maximum absolute atomic E-state index is 14.7. The van der Waals surface area contributed by atoms with E-state index in [4.69, 9.17) is 14.6 Å². The predicted octanol–water partition coefficient (Wildman–Crippen LogP) is 7.59. The number of ether oxygens (including phenoxy) is 2. The molecule has 0 bridgehead atoms. The zero-order valence-electron chi connectivity index (χ0n) is 21.2. The molecule has 0 fully saturated rings. The average Bonchev–Trinajstić information content (AvgIpc) is 2.82. The smallest absolute Gasteiger partial charge is 0.303 e. The van der Waals surface area contributed by atoms with E-state index in [0.717, 1.165) is 22.3 Å². The largest absolute Gasteiger partial charge is 0.497 e. The lowest BCUT2D eigenvalue weighted by atomic mass is 9.81. The molecule has 0 amide bonds. The first-order valence-electron chi connectivity index (χ1n) is 11.6. The van der Waals surface area contributed by atoms with Gasteiger partial charge < -0.3 is 14.6 Å². The number of hydrogen-bond donors (Lipinski definition) is 1. The van der Waals surface area contributed by atoms with E-state index in [0.29, 0.717) is 30.1 Å². The Morgan fingerprint density at radius 1 is 1.00 bits per heavy atom. The van der Waals surface area contributed by atoms with Crippen molar-refractivity contribution < 1.29 is 23.8 Å². The fraction of sp³-hybridized carbons (Fsp3) is 0.300. The molecule has 0 saturated heterocycles. The molecule has 3 rings (SSSR count). The van der Waals surface area contributed by atoms with Crippen LogP contribution in [-0.2, 0) is 23.2 Å². The van der Waals surface area contributed by atoms with Crippen LogP contribution in [0.1, 0.15) is 50.8 Å².